The fourth-order valence-electron chi connectivity index (χ4n) is 5.13. The van der Waals surface area contributed by atoms with Crippen LogP contribution in [0.4, 0.5) is 5.69 Å². The normalized spacial score (nSPS) is 15.9. The van der Waals surface area contributed by atoms with E-state index in [1.807, 2.05) is 20.8 Å². The quantitative estimate of drug-likeness (QED) is 0.129. The highest BCUT2D eigenvalue weighted by Gasteiger charge is 2.40. The van der Waals surface area contributed by atoms with Gasteiger partial charge in [-0.2, -0.15) is 0 Å². The highest BCUT2D eigenvalue weighted by molar-refractivity contribution is 5.94. The van der Waals surface area contributed by atoms with Crippen molar-refractivity contribution >= 4 is 53.5 Å². The minimum atomic E-state index is -1.76. The van der Waals surface area contributed by atoms with Crippen LogP contribution < -0.4 is 37.5 Å². The molecule has 16 heteroatoms. The number of rotatable bonds is 15. The molecule has 0 unspecified atom stereocenters. The molecule has 9 N–H and O–H groups in total. The largest absolute Gasteiger partial charge is 0.484 e. The van der Waals surface area contributed by atoms with E-state index in [1.54, 1.807) is 42.5 Å². The predicted octanol–water partition coefficient (Wildman–Crippen LogP) is -0.261. The summed E-state index contributed by atoms with van der Waals surface area (Å²) in [4.78, 5) is 77.5. The van der Waals surface area contributed by atoms with Crippen LogP contribution in [0.5, 0.6) is 5.75 Å². The van der Waals surface area contributed by atoms with Gasteiger partial charge in [0.1, 0.15) is 17.8 Å². The summed E-state index contributed by atoms with van der Waals surface area (Å²) in [6.45, 7) is 5.00. The predicted molar refractivity (Wildman–Crippen MR) is 183 cm³/mol. The monoisotopic (exact) mass is 703 g/mol. The lowest BCUT2D eigenvalue weighted by molar-refractivity contribution is -0.147. The van der Waals surface area contributed by atoms with E-state index >= 15 is 0 Å². The fourth-order valence-corrected chi connectivity index (χ4v) is 5.13. The highest BCUT2D eigenvalue weighted by atomic mass is 35.5. The molecule has 0 radical (unpaired) electrons. The van der Waals surface area contributed by atoms with Gasteiger partial charge in [-0.05, 0) is 69.9 Å². The van der Waals surface area contributed by atoms with Gasteiger partial charge < -0.3 is 47.5 Å². The maximum Gasteiger partial charge on any atom is 0.258 e. The van der Waals surface area contributed by atoms with Crippen LogP contribution in [0.1, 0.15) is 45.6 Å². The summed E-state index contributed by atoms with van der Waals surface area (Å²) in [5, 5.41) is 21.8. The number of carbonyl (C=O) groups is 6. The number of primary amides is 1. The topological polar surface area (TPSA) is 235 Å². The number of benzene rings is 2. The second-order valence-electron chi connectivity index (χ2n) is 12.5. The molecule has 1 aliphatic heterocycles. The number of anilines is 1. The fraction of sp³-hybridized carbons (Fsp3) is 0.455. The first-order valence-electron chi connectivity index (χ1n) is 15.6. The second-order valence-corrected chi connectivity index (χ2v) is 12.5. The third kappa shape index (κ3) is 13.0. The van der Waals surface area contributed by atoms with Gasteiger partial charge in [0.2, 0.25) is 23.6 Å². The Balaban J connectivity index is 0.00000833. The van der Waals surface area contributed by atoms with Crippen molar-refractivity contribution in [3.05, 3.63) is 60.2 Å². The van der Waals surface area contributed by atoms with Gasteiger partial charge in [0.25, 0.3) is 11.8 Å². The summed E-state index contributed by atoms with van der Waals surface area (Å²) < 4.78 is 5.47. The molecule has 1 saturated heterocycles. The smallest absolute Gasteiger partial charge is 0.258 e. The number of nitrogens with zero attached hydrogens (tertiary/aromatic N) is 1. The van der Waals surface area contributed by atoms with Crippen molar-refractivity contribution in [2.45, 2.75) is 76.2 Å². The zero-order valence-electron chi connectivity index (χ0n) is 27.8. The molecular weight excluding hydrogens is 658 g/mol. The maximum atomic E-state index is 13.6. The van der Waals surface area contributed by atoms with Gasteiger partial charge in [-0.15, -0.1) is 12.4 Å². The number of carbonyl (C=O) groups excluding carboxylic acids is 6. The van der Waals surface area contributed by atoms with E-state index in [9.17, 15) is 33.9 Å². The molecule has 6 amide bonds. The molecule has 4 atom stereocenters. The third-order valence-corrected chi connectivity index (χ3v) is 7.35. The Morgan fingerprint density at radius 2 is 1.63 bits per heavy atom. The van der Waals surface area contributed by atoms with E-state index in [0.29, 0.717) is 24.1 Å². The molecule has 0 bridgehead atoms. The number of nitrogens with one attached hydrogen (secondary N) is 4. The zero-order chi connectivity index (χ0) is 35.4. The van der Waals surface area contributed by atoms with Crippen LogP contribution in [-0.2, 0) is 35.2 Å². The van der Waals surface area contributed by atoms with Crippen LogP contribution in [0.15, 0.2) is 54.6 Å². The van der Waals surface area contributed by atoms with E-state index in [4.69, 9.17) is 16.2 Å². The number of aliphatic hydroxyl groups is 1. The van der Waals surface area contributed by atoms with Crippen LogP contribution in [0.3, 0.4) is 0 Å². The van der Waals surface area contributed by atoms with E-state index in [1.165, 1.54) is 17.0 Å². The van der Waals surface area contributed by atoms with E-state index in [0.717, 1.165) is 0 Å². The summed E-state index contributed by atoms with van der Waals surface area (Å²) in [5.41, 5.74) is 11.3. The van der Waals surface area contributed by atoms with E-state index in [2.05, 4.69) is 21.3 Å². The number of hydrogen-bond donors (Lipinski definition) is 7. The maximum absolute atomic E-state index is 13.6. The molecule has 0 spiro atoms. The van der Waals surface area contributed by atoms with Crippen LogP contribution in [0.2, 0.25) is 0 Å². The first-order chi connectivity index (χ1) is 22.7. The molecule has 0 aliphatic carbocycles. The molecular formula is C33H46ClN7O8. The van der Waals surface area contributed by atoms with Gasteiger partial charge in [0.05, 0.1) is 19.0 Å². The van der Waals surface area contributed by atoms with Crippen molar-refractivity contribution in [1.82, 2.24) is 20.9 Å². The van der Waals surface area contributed by atoms with Crippen molar-refractivity contribution in [2.24, 2.45) is 11.5 Å². The Kier molecular flexibility index (Phi) is 15.4. The lowest BCUT2D eigenvalue weighted by Crippen LogP contribution is -2.59. The van der Waals surface area contributed by atoms with Crippen molar-refractivity contribution < 1.29 is 38.6 Å². The second kappa shape index (κ2) is 18.7. The molecule has 49 heavy (non-hydrogen) atoms. The number of halogens is 1. The molecule has 1 aliphatic rings. The standard InChI is InChI=1S/C33H45N7O8.ClH/c1-33(2,3)39-31(46)25-10-7-15-40(25)32(47)29(44)23(16-20-8-5-4-6-9-20)38-30(45)24(17-26(35)41)37-28(43)19-48-22-13-11-21(12-14-22)36-27(42)18-34;/h4-6,8-9,11-14,23-25,29,44H,7,10,15-19,34H2,1-3H3,(H2,35,41)(H,36,42)(H,37,43)(H,38,45)(H,39,46);1H/t23-,24-,25-,29-;/m0./s1. The molecule has 1 fully saturated rings. The van der Waals surface area contributed by atoms with Crippen molar-refractivity contribution in [1.29, 1.82) is 0 Å². The summed E-state index contributed by atoms with van der Waals surface area (Å²) in [7, 11) is 0. The van der Waals surface area contributed by atoms with Gasteiger partial charge in [-0.1, -0.05) is 30.3 Å². The minimum absolute atomic E-state index is 0. The molecule has 268 valence electrons. The lowest BCUT2D eigenvalue weighted by Gasteiger charge is -2.32. The number of nitrogens with two attached hydrogens (primary N) is 2. The Morgan fingerprint density at radius 3 is 2.22 bits per heavy atom. The molecule has 15 nitrogen and oxygen atoms in total. The van der Waals surface area contributed by atoms with Gasteiger partial charge in [-0.3, -0.25) is 28.8 Å². The molecule has 1 heterocycles. The summed E-state index contributed by atoms with van der Waals surface area (Å²) in [6, 6.07) is 11.5. The van der Waals surface area contributed by atoms with E-state index < -0.39 is 66.4 Å². The average Bonchev–Trinajstić information content (AvgIpc) is 3.53. The average molecular weight is 704 g/mol. The Labute approximate surface area is 291 Å². The molecule has 2 aromatic carbocycles. The van der Waals surface area contributed by atoms with Gasteiger partial charge in [0, 0.05) is 17.8 Å². The molecule has 0 aromatic heterocycles. The third-order valence-electron chi connectivity index (χ3n) is 7.35. The number of ether oxygens (including phenoxy) is 1. The van der Waals surface area contributed by atoms with Gasteiger partial charge in [-0.25, -0.2) is 0 Å². The number of likely N-dealkylation sites (tertiary alicyclic amines) is 1. The van der Waals surface area contributed by atoms with Crippen LogP contribution in [0, 0.1) is 0 Å². The number of hydrogen-bond acceptors (Lipinski definition) is 9. The first kappa shape index (κ1) is 40.4. The summed E-state index contributed by atoms with van der Waals surface area (Å²) in [5.74, 6) is -3.67. The lowest BCUT2D eigenvalue weighted by atomic mass is 9.99. The molecule has 2 aromatic rings. The molecule has 0 saturated carbocycles. The SMILES string of the molecule is CC(C)(C)NC(=O)[C@@H]1CCCN1C(=O)[C@@H](O)[C@H](Cc1ccccc1)NC(=O)[C@H](CC(N)=O)NC(=O)COc1ccc(NC(=O)CN)cc1.Cl. The van der Waals surface area contributed by atoms with Gasteiger partial charge in [0.15, 0.2) is 12.7 Å². The molecule has 3 rings (SSSR count). The van der Waals surface area contributed by atoms with Crippen molar-refractivity contribution in [3.63, 3.8) is 0 Å². The van der Waals surface area contributed by atoms with Crippen LogP contribution in [-0.4, -0.2) is 94.9 Å². The minimum Gasteiger partial charge on any atom is -0.484 e. The number of aliphatic hydroxyl groups excluding tert-OH is 1. The van der Waals surface area contributed by atoms with Crippen molar-refractivity contribution in [2.75, 3.05) is 25.0 Å². The van der Waals surface area contributed by atoms with E-state index in [-0.39, 0.29) is 49.5 Å². The number of amides is 6. The highest BCUT2D eigenvalue weighted by Crippen LogP contribution is 2.21. The van der Waals surface area contributed by atoms with Crippen molar-refractivity contribution in [3.8, 4) is 5.75 Å². The zero-order valence-corrected chi connectivity index (χ0v) is 28.6. The Bertz CT molecular complexity index is 1450. The first-order valence-corrected chi connectivity index (χ1v) is 15.6. The Hall–Kier alpha value is -4.73. The summed E-state index contributed by atoms with van der Waals surface area (Å²) in [6.07, 6.45) is -1.34. The van der Waals surface area contributed by atoms with Crippen LogP contribution in [0.25, 0.3) is 0 Å². The van der Waals surface area contributed by atoms with Crippen LogP contribution >= 0.6 is 12.4 Å². The Morgan fingerprint density at radius 1 is 0.980 bits per heavy atom. The summed E-state index contributed by atoms with van der Waals surface area (Å²) >= 11 is 0. The van der Waals surface area contributed by atoms with Gasteiger partial charge >= 0.3 is 0 Å².